The van der Waals surface area contributed by atoms with Gasteiger partial charge in [0.15, 0.2) is 0 Å². The molecule has 3 nitrogen and oxygen atoms in total. The molecule has 0 unspecified atom stereocenters. The van der Waals surface area contributed by atoms with Gasteiger partial charge in [-0.25, -0.2) is 0 Å². The molecule has 0 saturated heterocycles. The van der Waals surface area contributed by atoms with Gasteiger partial charge in [-0.1, -0.05) is 62.4 Å². The van der Waals surface area contributed by atoms with Crippen LogP contribution in [0.3, 0.4) is 0 Å². The minimum atomic E-state index is -0.468. The molecule has 2 atom stereocenters. The summed E-state index contributed by atoms with van der Waals surface area (Å²) >= 11 is 0. The Labute approximate surface area is 151 Å². The van der Waals surface area contributed by atoms with Crippen molar-refractivity contribution < 1.29 is 5.11 Å². The first kappa shape index (κ1) is 18.8. The lowest BCUT2D eigenvalue weighted by Crippen LogP contribution is -2.42. The topological polar surface area (TPSA) is 35.5 Å². The molecule has 0 radical (unpaired) electrons. The quantitative estimate of drug-likeness (QED) is 0.869. The number of halogens is 1. The van der Waals surface area contributed by atoms with Gasteiger partial charge >= 0.3 is 0 Å². The number of para-hydroxylation sites is 1. The molecule has 1 aliphatic rings. The number of anilines is 1. The van der Waals surface area contributed by atoms with Gasteiger partial charge in [-0.15, -0.1) is 12.4 Å². The van der Waals surface area contributed by atoms with E-state index in [0.717, 1.165) is 12.1 Å². The van der Waals surface area contributed by atoms with Crippen molar-refractivity contribution in [3.63, 3.8) is 0 Å². The van der Waals surface area contributed by atoms with Gasteiger partial charge in [-0.3, -0.25) is 0 Å². The van der Waals surface area contributed by atoms with Crippen molar-refractivity contribution in [1.29, 1.82) is 0 Å². The minimum Gasteiger partial charge on any atom is -0.389 e. The Hall–Kier alpha value is -1.55. The normalized spacial score (nSPS) is 17.8. The molecule has 2 N–H and O–H groups in total. The van der Waals surface area contributed by atoms with E-state index in [1.807, 2.05) is 25.2 Å². The number of aliphatic hydroxyl groups excluding tert-OH is 1. The lowest BCUT2D eigenvalue weighted by molar-refractivity contribution is 0.140. The van der Waals surface area contributed by atoms with Crippen LogP contribution in [0.25, 0.3) is 0 Å². The fourth-order valence-electron chi connectivity index (χ4n) is 3.72. The number of rotatable bonds is 5. The highest BCUT2D eigenvalue weighted by atomic mass is 35.5. The third-order valence-electron chi connectivity index (χ3n) is 4.76. The molecule has 1 heterocycles. The lowest BCUT2D eigenvalue weighted by Gasteiger charge is -2.35. The van der Waals surface area contributed by atoms with Crippen LogP contribution in [0.2, 0.25) is 0 Å². The van der Waals surface area contributed by atoms with Crippen LogP contribution in [0.1, 0.15) is 31.0 Å². The van der Waals surface area contributed by atoms with Gasteiger partial charge in [0, 0.05) is 24.2 Å². The Morgan fingerprint density at radius 2 is 1.71 bits per heavy atom. The number of fused-ring (bicyclic) bond motifs is 1. The van der Waals surface area contributed by atoms with Gasteiger partial charge in [0.2, 0.25) is 0 Å². The number of nitrogens with zero attached hydrogens (tertiary/aromatic N) is 1. The van der Waals surface area contributed by atoms with E-state index in [-0.39, 0.29) is 23.9 Å². The Morgan fingerprint density at radius 1 is 1.08 bits per heavy atom. The molecule has 0 saturated carbocycles. The number of nitrogens with one attached hydrogen (secondary N) is 1. The van der Waals surface area contributed by atoms with Crippen LogP contribution in [-0.2, 0) is 5.41 Å². The van der Waals surface area contributed by atoms with Crippen molar-refractivity contribution in [1.82, 2.24) is 5.32 Å². The van der Waals surface area contributed by atoms with Gasteiger partial charge in [0.05, 0.1) is 12.1 Å². The molecule has 0 amide bonds. The van der Waals surface area contributed by atoms with Crippen molar-refractivity contribution in [2.45, 2.75) is 31.4 Å². The summed E-state index contributed by atoms with van der Waals surface area (Å²) in [6.45, 7) is 6.03. The average molecular weight is 347 g/mol. The fourth-order valence-corrected chi connectivity index (χ4v) is 3.72. The van der Waals surface area contributed by atoms with Gasteiger partial charge in [-0.2, -0.15) is 0 Å². The summed E-state index contributed by atoms with van der Waals surface area (Å²) < 4.78 is 0. The first-order chi connectivity index (χ1) is 11.0. The van der Waals surface area contributed by atoms with Crippen molar-refractivity contribution >= 4 is 18.1 Å². The monoisotopic (exact) mass is 346 g/mol. The van der Waals surface area contributed by atoms with Crippen LogP contribution in [0.15, 0.2) is 54.6 Å². The van der Waals surface area contributed by atoms with Crippen molar-refractivity contribution in [3.05, 3.63) is 65.7 Å². The van der Waals surface area contributed by atoms with Gasteiger partial charge in [-0.05, 0) is 24.2 Å². The summed E-state index contributed by atoms with van der Waals surface area (Å²) in [5, 5.41) is 13.9. The molecular formula is C20H27ClN2O. The SMILES string of the molecule is CNC[C@@H](O)[C@H](c1ccccc1)N1CC(C)(C)c2ccccc21.Cl. The molecule has 0 aliphatic carbocycles. The van der Waals surface area contributed by atoms with E-state index in [4.69, 9.17) is 0 Å². The predicted molar refractivity (Wildman–Crippen MR) is 103 cm³/mol. The number of likely N-dealkylation sites (N-methyl/N-ethyl adjacent to an activating group) is 1. The standard InChI is InChI=1S/C20H26N2O.ClH/c1-20(2)14-22(17-12-8-7-11-16(17)20)19(18(23)13-21-3)15-9-5-4-6-10-15;/h4-12,18-19,21,23H,13-14H2,1-3H3;1H/t18-,19+;/m1./s1. The Morgan fingerprint density at radius 3 is 2.38 bits per heavy atom. The zero-order valence-corrected chi connectivity index (χ0v) is 15.4. The minimum absolute atomic E-state index is 0. The third-order valence-corrected chi connectivity index (χ3v) is 4.76. The second kappa shape index (κ2) is 7.56. The van der Waals surface area contributed by atoms with Crippen LogP contribution in [0, 0.1) is 0 Å². The van der Waals surface area contributed by atoms with Crippen molar-refractivity contribution in [2.24, 2.45) is 0 Å². The number of benzene rings is 2. The van der Waals surface area contributed by atoms with Gasteiger partial charge < -0.3 is 15.3 Å². The third kappa shape index (κ3) is 3.44. The molecule has 0 aromatic heterocycles. The molecule has 0 spiro atoms. The lowest BCUT2D eigenvalue weighted by atomic mass is 9.87. The molecular weight excluding hydrogens is 320 g/mol. The molecule has 24 heavy (non-hydrogen) atoms. The summed E-state index contributed by atoms with van der Waals surface area (Å²) in [6.07, 6.45) is -0.468. The number of aliphatic hydroxyl groups is 1. The molecule has 2 aromatic rings. The maximum atomic E-state index is 10.8. The fraction of sp³-hybridized carbons (Fsp3) is 0.400. The highest BCUT2D eigenvalue weighted by Gasteiger charge is 2.40. The summed E-state index contributed by atoms with van der Waals surface area (Å²) in [4.78, 5) is 2.37. The molecule has 0 bridgehead atoms. The van der Waals surface area contributed by atoms with Crippen LogP contribution < -0.4 is 10.2 Å². The van der Waals surface area contributed by atoms with E-state index in [1.165, 1.54) is 11.3 Å². The summed E-state index contributed by atoms with van der Waals surface area (Å²) in [5.41, 5.74) is 3.84. The summed E-state index contributed by atoms with van der Waals surface area (Å²) in [5.74, 6) is 0. The van der Waals surface area contributed by atoms with Crippen LogP contribution in [0.5, 0.6) is 0 Å². The highest BCUT2D eigenvalue weighted by molar-refractivity contribution is 5.85. The second-order valence-electron chi connectivity index (χ2n) is 7.01. The van der Waals surface area contributed by atoms with E-state index >= 15 is 0 Å². The molecule has 3 rings (SSSR count). The van der Waals surface area contributed by atoms with Crippen molar-refractivity contribution in [3.8, 4) is 0 Å². The Balaban J connectivity index is 0.00000208. The van der Waals surface area contributed by atoms with E-state index in [2.05, 4.69) is 60.5 Å². The average Bonchev–Trinajstić information content (AvgIpc) is 2.81. The zero-order chi connectivity index (χ0) is 16.4. The van der Waals surface area contributed by atoms with E-state index in [9.17, 15) is 5.11 Å². The van der Waals surface area contributed by atoms with Crippen LogP contribution in [-0.4, -0.2) is 31.3 Å². The largest absolute Gasteiger partial charge is 0.389 e. The second-order valence-corrected chi connectivity index (χ2v) is 7.01. The zero-order valence-electron chi connectivity index (χ0n) is 14.6. The molecule has 4 heteroatoms. The molecule has 130 valence electrons. The van der Waals surface area contributed by atoms with Gasteiger partial charge in [0.25, 0.3) is 0 Å². The highest BCUT2D eigenvalue weighted by Crippen LogP contribution is 2.44. The smallest absolute Gasteiger partial charge is 0.0909 e. The summed E-state index contributed by atoms with van der Waals surface area (Å²) in [7, 11) is 1.88. The van der Waals surface area contributed by atoms with Crippen LogP contribution >= 0.6 is 12.4 Å². The van der Waals surface area contributed by atoms with Crippen molar-refractivity contribution in [2.75, 3.05) is 25.0 Å². The number of hydrogen-bond donors (Lipinski definition) is 2. The maximum absolute atomic E-state index is 10.8. The van der Waals surface area contributed by atoms with E-state index in [0.29, 0.717) is 6.54 Å². The first-order valence-corrected chi connectivity index (χ1v) is 8.28. The molecule has 0 fully saturated rings. The van der Waals surface area contributed by atoms with Gasteiger partial charge in [0.1, 0.15) is 0 Å². The van der Waals surface area contributed by atoms with E-state index in [1.54, 1.807) is 0 Å². The number of hydrogen-bond acceptors (Lipinski definition) is 3. The summed E-state index contributed by atoms with van der Waals surface area (Å²) in [6, 6.07) is 18.8. The molecule has 2 aromatic carbocycles. The maximum Gasteiger partial charge on any atom is 0.0909 e. The molecule has 1 aliphatic heterocycles. The Bertz CT molecular complexity index is 660. The first-order valence-electron chi connectivity index (χ1n) is 8.28. The van der Waals surface area contributed by atoms with E-state index < -0.39 is 6.10 Å². The predicted octanol–water partition coefficient (Wildman–Crippen LogP) is 3.53. The van der Waals surface area contributed by atoms with Crippen LogP contribution in [0.4, 0.5) is 5.69 Å². The Kier molecular flexibility index (Phi) is 5.92.